The SMILES string of the molecule is CC(O)COCC(COCC(C)O)(COCC(C)O)COCC(C)OC(=O)OC(C)COCC(COCC(C)O)(COCC(C)O)COCC(C)OC(C)COCC(COCC(C)O)(COCC(C)O)COCC(C)O. The molecule has 76 heavy (non-hydrogen) atoms. The molecule has 0 amide bonds. The van der Waals surface area contributed by atoms with E-state index in [9.17, 15) is 45.6 Å². The summed E-state index contributed by atoms with van der Waals surface area (Å²) in [7, 11) is 0. The van der Waals surface area contributed by atoms with E-state index in [2.05, 4.69) is 0 Å². The van der Waals surface area contributed by atoms with Crippen molar-refractivity contribution in [1.29, 1.82) is 0 Å². The predicted octanol–water partition coefficient (Wildman–Crippen LogP) is 0.915. The molecule has 24 nitrogen and oxygen atoms in total. The summed E-state index contributed by atoms with van der Waals surface area (Å²) in [4.78, 5) is 12.9. The van der Waals surface area contributed by atoms with Crippen molar-refractivity contribution in [2.75, 3.05) is 159 Å². The Balaban J connectivity index is 5.73. The number of carbonyl (C=O) groups excluding carboxylic acids is 1. The van der Waals surface area contributed by atoms with Gasteiger partial charge in [0.1, 0.15) is 12.2 Å². The summed E-state index contributed by atoms with van der Waals surface area (Å²) in [5.74, 6) is 0. The van der Waals surface area contributed by atoms with Crippen molar-refractivity contribution in [3.63, 3.8) is 0 Å². The van der Waals surface area contributed by atoms with Gasteiger partial charge in [0, 0.05) is 0 Å². The summed E-state index contributed by atoms with van der Waals surface area (Å²) in [5.41, 5.74) is -2.71. The molecule has 0 bridgehead atoms. The van der Waals surface area contributed by atoms with Gasteiger partial charge in [0.2, 0.25) is 0 Å². The Morgan fingerprint density at radius 2 is 0.408 bits per heavy atom. The molecule has 456 valence electrons. The molecule has 0 aliphatic carbocycles. The maximum absolute atomic E-state index is 12.9. The molecule has 0 aromatic heterocycles. The monoisotopic (exact) mass is 1110 g/mol. The minimum Gasteiger partial charge on any atom is -0.429 e. The molecule has 24 heteroatoms. The third kappa shape index (κ3) is 41.4. The van der Waals surface area contributed by atoms with E-state index in [-0.39, 0.29) is 159 Å². The molecule has 0 fully saturated rings. The Labute approximate surface area is 453 Å². The van der Waals surface area contributed by atoms with Crippen LogP contribution in [0.4, 0.5) is 4.79 Å². The number of carbonyl (C=O) groups is 1. The minimum absolute atomic E-state index is 0.00578. The maximum atomic E-state index is 12.9. The number of rotatable bonds is 52. The van der Waals surface area contributed by atoms with Gasteiger partial charge in [-0.3, -0.25) is 0 Å². The smallest absolute Gasteiger partial charge is 0.429 e. The van der Waals surface area contributed by atoms with Crippen molar-refractivity contribution in [2.24, 2.45) is 16.2 Å². The van der Waals surface area contributed by atoms with Crippen LogP contribution in [0.25, 0.3) is 0 Å². The van der Waals surface area contributed by atoms with Gasteiger partial charge in [-0.05, 0) is 83.1 Å². The zero-order chi connectivity index (χ0) is 57.6. The van der Waals surface area contributed by atoms with E-state index in [1.54, 1.807) is 69.2 Å². The molecule has 0 heterocycles. The van der Waals surface area contributed by atoms with E-state index in [1.165, 1.54) is 0 Å². The van der Waals surface area contributed by atoms with E-state index in [4.69, 9.17) is 71.1 Å². The van der Waals surface area contributed by atoms with Crippen LogP contribution in [-0.2, 0) is 71.1 Å². The van der Waals surface area contributed by atoms with Crippen LogP contribution in [0.2, 0.25) is 0 Å². The molecule has 0 saturated heterocycles. The maximum Gasteiger partial charge on any atom is 0.508 e. The van der Waals surface area contributed by atoms with E-state index >= 15 is 0 Å². The third-order valence-electron chi connectivity index (χ3n) is 10.2. The third-order valence-corrected chi connectivity index (χ3v) is 10.2. The number of aliphatic hydroxyl groups excluding tert-OH is 8. The first-order valence-corrected chi connectivity index (χ1v) is 26.6. The van der Waals surface area contributed by atoms with Gasteiger partial charge >= 0.3 is 6.16 Å². The molecule has 0 aliphatic heterocycles. The number of aliphatic hydroxyl groups is 8. The molecule has 0 rings (SSSR count). The summed E-state index contributed by atoms with van der Waals surface area (Å²) < 4.78 is 88.0. The van der Waals surface area contributed by atoms with Gasteiger partial charge in [-0.2, -0.15) is 0 Å². The Morgan fingerprint density at radius 3 is 0.566 bits per heavy atom. The van der Waals surface area contributed by atoms with Crippen molar-refractivity contribution in [3.8, 4) is 0 Å². The molecule has 8 N–H and O–H groups in total. The van der Waals surface area contributed by atoms with Crippen LogP contribution in [0.5, 0.6) is 0 Å². The summed E-state index contributed by atoms with van der Waals surface area (Å²) in [6, 6.07) is 0. The van der Waals surface area contributed by atoms with Crippen molar-refractivity contribution in [1.82, 2.24) is 0 Å². The summed E-state index contributed by atoms with van der Waals surface area (Å²) in [6.07, 6.45) is -9.16. The van der Waals surface area contributed by atoms with Crippen LogP contribution >= 0.6 is 0 Å². The Morgan fingerprint density at radius 1 is 0.263 bits per heavy atom. The van der Waals surface area contributed by atoms with Crippen LogP contribution in [0.3, 0.4) is 0 Å². The standard InChI is InChI=1S/C52H104O24/c1-37(53)13-62-25-50(26-63-14-38(2)54,27-64-15-39(3)55)33-70-21-45(9)74-46(10)22-71-35-52(31-68-19-43(7)59,32-69-20-44(8)60)36-73-24-48(12)76-49(61)75-47(11)23-72-34-51(28-65-16-40(4)56,29-66-17-41(5)57)30-67-18-42(6)58/h37-48,53-60H,13-36H2,1-12H3. The second-order valence-electron chi connectivity index (χ2n) is 21.3. The highest BCUT2D eigenvalue weighted by atomic mass is 16.7. The molecule has 12 unspecified atom stereocenters. The highest BCUT2D eigenvalue weighted by Gasteiger charge is 2.36. The van der Waals surface area contributed by atoms with Gasteiger partial charge in [0.25, 0.3) is 0 Å². The molecule has 0 aliphatic rings. The fourth-order valence-electron chi connectivity index (χ4n) is 6.98. The van der Waals surface area contributed by atoms with E-state index in [0.717, 1.165) is 0 Å². The van der Waals surface area contributed by atoms with Crippen LogP contribution in [0.15, 0.2) is 0 Å². The first kappa shape index (κ1) is 74.4. The van der Waals surface area contributed by atoms with Crippen LogP contribution < -0.4 is 0 Å². The molecule has 0 spiro atoms. The average Bonchev–Trinajstić information content (AvgIpc) is 3.27. The topological polar surface area (TPSA) is 317 Å². The first-order chi connectivity index (χ1) is 35.7. The summed E-state index contributed by atoms with van der Waals surface area (Å²) >= 11 is 0. The summed E-state index contributed by atoms with van der Waals surface area (Å²) in [5, 5.41) is 78.8. The Hall–Kier alpha value is -1.57. The summed E-state index contributed by atoms with van der Waals surface area (Å²) in [6.45, 7) is 21.0. The van der Waals surface area contributed by atoms with Gasteiger partial charge in [0.05, 0.1) is 236 Å². The normalized spacial score (nSPS) is 19.4. The van der Waals surface area contributed by atoms with Crippen LogP contribution in [0, 0.1) is 16.2 Å². The molecule has 0 aromatic rings. The fourth-order valence-corrected chi connectivity index (χ4v) is 6.98. The average molecular weight is 1110 g/mol. The first-order valence-electron chi connectivity index (χ1n) is 26.6. The molecule has 0 radical (unpaired) electrons. The lowest BCUT2D eigenvalue weighted by atomic mass is 9.92. The van der Waals surface area contributed by atoms with Crippen molar-refractivity contribution in [2.45, 2.75) is 156 Å². The second kappa shape index (κ2) is 43.2. The van der Waals surface area contributed by atoms with E-state index in [0.29, 0.717) is 0 Å². The minimum atomic E-state index is -0.965. The van der Waals surface area contributed by atoms with E-state index < -0.39 is 95.6 Å². The van der Waals surface area contributed by atoms with Gasteiger partial charge < -0.3 is 112 Å². The number of hydrogen-bond acceptors (Lipinski definition) is 24. The van der Waals surface area contributed by atoms with Gasteiger partial charge in [-0.15, -0.1) is 0 Å². The predicted molar refractivity (Wildman–Crippen MR) is 277 cm³/mol. The largest absolute Gasteiger partial charge is 0.508 e. The molecule has 12 atom stereocenters. The number of ether oxygens (including phenoxy) is 15. The Kier molecular flexibility index (Phi) is 42.3. The molecule has 0 saturated carbocycles. The lowest BCUT2D eigenvalue weighted by molar-refractivity contribution is -0.145. The highest BCUT2D eigenvalue weighted by Crippen LogP contribution is 2.25. The van der Waals surface area contributed by atoms with Crippen LogP contribution in [0.1, 0.15) is 83.1 Å². The zero-order valence-electron chi connectivity index (χ0n) is 48.0. The molecule has 0 aromatic carbocycles. The van der Waals surface area contributed by atoms with E-state index in [1.807, 2.05) is 13.8 Å². The second-order valence-corrected chi connectivity index (χ2v) is 21.3. The molecular weight excluding hydrogens is 1010 g/mol. The number of hydrogen-bond donors (Lipinski definition) is 8. The molecular formula is C52H104O24. The fraction of sp³-hybridized carbons (Fsp3) is 0.981. The van der Waals surface area contributed by atoms with Gasteiger partial charge in [0.15, 0.2) is 0 Å². The zero-order valence-corrected chi connectivity index (χ0v) is 48.0. The van der Waals surface area contributed by atoms with Gasteiger partial charge in [-0.1, -0.05) is 0 Å². The van der Waals surface area contributed by atoms with Crippen molar-refractivity contribution < 1.29 is 117 Å². The van der Waals surface area contributed by atoms with Crippen LogP contribution in [-0.4, -0.2) is 279 Å². The van der Waals surface area contributed by atoms with Crippen molar-refractivity contribution in [3.05, 3.63) is 0 Å². The Bertz CT molecular complexity index is 1270. The highest BCUT2D eigenvalue weighted by molar-refractivity contribution is 5.60. The lowest BCUT2D eigenvalue weighted by Crippen LogP contribution is -2.44. The lowest BCUT2D eigenvalue weighted by Gasteiger charge is -2.34. The van der Waals surface area contributed by atoms with Crippen molar-refractivity contribution >= 4 is 6.16 Å². The quantitative estimate of drug-likeness (QED) is 0.0393. The van der Waals surface area contributed by atoms with Gasteiger partial charge in [-0.25, -0.2) is 4.79 Å².